The van der Waals surface area contributed by atoms with Crippen LogP contribution >= 0.6 is 39.9 Å². The molecule has 0 aromatic heterocycles. The summed E-state index contributed by atoms with van der Waals surface area (Å²) in [6, 6.07) is 6.62. The van der Waals surface area contributed by atoms with E-state index in [1.807, 2.05) is 31.2 Å². The fraction of sp³-hybridized carbons (Fsp3) is 0.267. The summed E-state index contributed by atoms with van der Waals surface area (Å²) in [5.41, 5.74) is 0.859. The van der Waals surface area contributed by atoms with E-state index in [-0.39, 0.29) is 5.91 Å². The molecule has 0 aliphatic carbocycles. The topological polar surface area (TPSA) is 57.6 Å². The zero-order chi connectivity index (χ0) is 16.3. The number of carbonyl (C=O) groups excluding carboxylic acids is 1. The van der Waals surface area contributed by atoms with Crippen LogP contribution in [0.1, 0.15) is 25.3 Å². The molecule has 1 atom stereocenters. The van der Waals surface area contributed by atoms with Crippen molar-refractivity contribution in [3.05, 3.63) is 39.2 Å². The number of hydrogen-bond donors (Lipinski definition) is 1. The Morgan fingerprint density at radius 3 is 2.86 bits per heavy atom. The normalized spacial score (nSPS) is 18.1. The van der Waals surface area contributed by atoms with Crippen LogP contribution in [0, 0.1) is 0 Å². The number of aliphatic carboxylic acids is 1. The molecule has 0 bridgehead atoms. The van der Waals surface area contributed by atoms with E-state index in [0.29, 0.717) is 22.1 Å². The summed E-state index contributed by atoms with van der Waals surface area (Å²) in [6.45, 7) is 1.88. The van der Waals surface area contributed by atoms with Crippen molar-refractivity contribution < 1.29 is 14.7 Å². The molecular weight excluding hydrogens is 386 g/mol. The van der Waals surface area contributed by atoms with Crippen LogP contribution in [0.15, 0.2) is 33.6 Å². The summed E-state index contributed by atoms with van der Waals surface area (Å²) in [6.07, 6.45) is 2.78. The molecule has 1 aromatic rings. The fourth-order valence-corrected chi connectivity index (χ4v) is 3.91. The largest absolute Gasteiger partial charge is 0.480 e. The molecule has 1 fully saturated rings. The smallest absolute Gasteiger partial charge is 0.326 e. The maximum Gasteiger partial charge on any atom is 0.326 e. The van der Waals surface area contributed by atoms with Crippen molar-refractivity contribution in [3.8, 4) is 0 Å². The van der Waals surface area contributed by atoms with Gasteiger partial charge < -0.3 is 5.11 Å². The number of amides is 1. The van der Waals surface area contributed by atoms with Crippen molar-refractivity contribution in [2.75, 3.05) is 0 Å². The zero-order valence-corrected chi connectivity index (χ0v) is 15.0. The number of nitrogens with zero attached hydrogens (tertiary/aromatic N) is 1. The Bertz CT molecular complexity index is 660. The highest BCUT2D eigenvalue weighted by Crippen LogP contribution is 2.35. The molecule has 0 saturated carbocycles. The van der Waals surface area contributed by atoms with Gasteiger partial charge in [-0.25, -0.2) is 4.79 Å². The fourth-order valence-electron chi connectivity index (χ4n) is 2.13. The first-order valence-electron chi connectivity index (χ1n) is 6.69. The molecule has 1 saturated heterocycles. The SMILES string of the molecule is CCCC(C(=O)O)N1C(=O)C(=Cc2cccc(Br)c2)SC1=S. The van der Waals surface area contributed by atoms with Gasteiger partial charge in [-0.3, -0.25) is 9.69 Å². The molecule has 1 amide bonds. The van der Waals surface area contributed by atoms with Crippen molar-refractivity contribution in [2.45, 2.75) is 25.8 Å². The van der Waals surface area contributed by atoms with Crippen molar-refractivity contribution >= 4 is 62.2 Å². The van der Waals surface area contributed by atoms with E-state index in [4.69, 9.17) is 12.2 Å². The van der Waals surface area contributed by atoms with Gasteiger partial charge in [0.05, 0.1) is 4.91 Å². The van der Waals surface area contributed by atoms with Crippen LogP contribution < -0.4 is 0 Å². The molecule has 1 aliphatic rings. The number of carbonyl (C=O) groups is 2. The third-order valence-corrected chi connectivity index (χ3v) is 4.95. The average molecular weight is 400 g/mol. The Labute approximate surface area is 146 Å². The van der Waals surface area contributed by atoms with Crippen LogP contribution in [0.4, 0.5) is 0 Å². The molecule has 1 aromatic carbocycles. The standard InChI is InChI=1S/C15H14BrNO3S2/c1-2-4-11(14(19)20)17-13(18)12(22-15(17)21)8-9-5-3-6-10(16)7-9/h3,5-8,11H,2,4H2,1H3,(H,19,20). The summed E-state index contributed by atoms with van der Waals surface area (Å²) in [4.78, 5) is 25.6. The summed E-state index contributed by atoms with van der Waals surface area (Å²) in [5.74, 6) is -1.36. The minimum atomic E-state index is -1.03. The predicted octanol–water partition coefficient (Wildman–Crippen LogP) is 3.90. The Balaban J connectivity index is 2.30. The Kier molecular flexibility index (Phi) is 5.77. The van der Waals surface area contributed by atoms with Gasteiger partial charge in [-0.2, -0.15) is 0 Å². The first-order valence-corrected chi connectivity index (χ1v) is 8.71. The molecule has 2 rings (SSSR count). The summed E-state index contributed by atoms with van der Waals surface area (Å²) in [5, 5.41) is 9.32. The van der Waals surface area contributed by atoms with E-state index < -0.39 is 12.0 Å². The molecule has 0 radical (unpaired) electrons. The minimum absolute atomic E-state index is 0.298. The van der Waals surface area contributed by atoms with Crippen molar-refractivity contribution in [3.63, 3.8) is 0 Å². The van der Waals surface area contributed by atoms with E-state index in [1.165, 1.54) is 4.90 Å². The molecule has 1 unspecified atom stereocenters. The maximum atomic E-state index is 12.5. The molecule has 1 aliphatic heterocycles. The quantitative estimate of drug-likeness (QED) is 0.600. The van der Waals surface area contributed by atoms with E-state index in [0.717, 1.165) is 21.8 Å². The van der Waals surface area contributed by atoms with Crippen LogP contribution in [-0.2, 0) is 9.59 Å². The van der Waals surface area contributed by atoms with Gasteiger partial charge in [0.1, 0.15) is 10.4 Å². The third-order valence-electron chi connectivity index (χ3n) is 3.13. The van der Waals surface area contributed by atoms with E-state index in [9.17, 15) is 14.7 Å². The molecule has 4 nitrogen and oxygen atoms in total. The van der Waals surface area contributed by atoms with Crippen LogP contribution in [-0.4, -0.2) is 32.2 Å². The van der Waals surface area contributed by atoms with Crippen LogP contribution in [0.5, 0.6) is 0 Å². The van der Waals surface area contributed by atoms with Crippen molar-refractivity contribution in [2.24, 2.45) is 0 Å². The Morgan fingerprint density at radius 2 is 2.27 bits per heavy atom. The van der Waals surface area contributed by atoms with Crippen LogP contribution in [0.25, 0.3) is 6.08 Å². The van der Waals surface area contributed by atoms with Gasteiger partial charge in [0.2, 0.25) is 0 Å². The number of rotatable bonds is 5. The number of benzene rings is 1. The van der Waals surface area contributed by atoms with Crippen LogP contribution in [0.2, 0.25) is 0 Å². The highest BCUT2D eigenvalue weighted by molar-refractivity contribution is 9.10. The van der Waals surface area contributed by atoms with Crippen molar-refractivity contribution in [1.82, 2.24) is 4.90 Å². The number of hydrogen-bond acceptors (Lipinski definition) is 4. The number of halogens is 1. The summed E-state index contributed by atoms with van der Waals surface area (Å²) >= 11 is 9.72. The highest BCUT2D eigenvalue weighted by atomic mass is 79.9. The monoisotopic (exact) mass is 399 g/mol. The number of carboxylic acids is 1. The number of thiocarbonyl (C=S) groups is 1. The lowest BCUT2D eigenvalue weighted by Gasteiger charge is -2.22. The molecule has 116 valence electrons. The first-order chi connectivity index (χ1) is 10.4. The lowest BCUT2D eigenvalue weighted by atomic mass is 10.1. The van der Waals surface area contributed by atoms with Gasteiger partial charge >= 0.3 is 5.97 Å². The van der Waals surface area contributed by atoms with E-state index >= 15 is 0 Å². The molecule has 0 spiro atoms. The van der Waals surface area contributed by atoms with Crippen LogP contribution in [0.3, 0.4) is 0 Å². The number of thioether (sulfide) groups is 1. The second-order valence-corrected chi connectivity index (χ2v) is 7.34. The second-order valence-electron chi connectivity index (χ2n) is 4.75. The highest BCUT2D eigenvalue weighted by Gasteiger charge is 2.39. The third kappa shape index (κ3) is 3.77. The van der Waals surface area contributed by atoms with Crippen molar-refractivity contribution in [1.29, 1.82) is 0 Å². The maximum absolute atomic E-state index is 12.5. The second kappa shape index (κ2) is 7.39. The predicted molar refractivity (Wildman–Crippen MR) is 95.5 cm³/mol. The zero-order valence-electron chi connectivity index (χ0n) is 11.8. The van der Waals surface area contributed by atoms with E-state index in [2.05, 4.69) is 15.9 Å². The average Bonchev–Trinajstić information content (AvgIpc) is 2.71. The molecule has 1 N–H and O–H groups in total. The van der Waals surface area contributed by atoms with Gasteiger partial charge in [-0.1, -0.05) is 65.4 Å². The van der Waals surface area contributed by atoms with Gasteiger partial charge in [0.25, 0.3) is 5.91 Å². The van der Waals surface area contributed by atoms with E-state index in [1.54, 1.807) is 6.08 Å². The first kappa shape index (κ1) is 17.2. The Morgan fingerprint density at radius 1 is 1.55 bits per heavy atom. The summed E-state index contributed by atoms with van der Waals surface area (Å²) in [7, 11) is 0. The molecular formula is C15H14BrNO3S2. The molecule has 22 heavy (non-hydrogen) atoms. The lowest BCUT2D eigenvalue weighted by Crippen LogP contribution is -2.43. The molecule has 7 heteroatoms. The van der Waals surface area contributed by atoms with Gasteiger partial charge in [-0.05, 0) is 30.2 Å². The molecule has 1 heterocycles. The van der Waals surface area contributed by atoms with Gasteiger partial charge in [0, 0.05) is 4.47 Å². The minimum Gasteiger partial charge on any atom is -0.480 e. The number of carboxylic acid groups (broad SMARTS) is 1. The summed E-state index contributed by atoms with van der Waals surface area (Å²) < 4.78 is 1.21. The van der Waals surface area contributed by atoms with Gasteiger partial charge in [0.15, 0.2) is 0 Å². The Hall–Kier alpha value is -1.18. The van der Waals surface area contributed by atoms with Gasteiger partial charge in [-0.15, -0.1) is 0 Å². The lowest BCUT2D eigenvalue weighted by molar-refractivity contribution is -0.145.